The Morgan fingerprint density at radius 2 is 1.79 bits per heavy atom. The van der Waals surface area contributed by atoms with E-state index in [1.807, 2.05) is 30.3 Å². The second kappa shape index (κ2) is 8.58. The quantitative estimate of drug-likeness (QED) is 0.290. The van der Waals surface area contributed by atoms with Crippen molar-refractivity contribution in [2.24, 2.45) is 10.3 Å². The lowest BCUT2D eigenvalue weighted by molar-refractivity contribution is -0.0839. The maximum Gasteiger partial charge on any atom is 0.106 e. The van der Waals surface area contributed by atoms with E-state index < -0.39 is 12.5 Å². The van der Waals surface area contributed by atoms with Gasteiger partial charge in [-0.1, -0.05) is 23.4 Å². The van der Waals surface area contributed by atoms with Gasteiger partial charge in [0.05, 0.1) is 12.2 Å². The predicted molar refractivity (Wildman–Crippen MR) is 74.5 cm³/mol. The van der Waals surface area contributed by atoms with Crippen molar-refractivity contribution in [1.82, 2.24) is 4.90 Å². The van der Waals surface area contributed by atoms with Crippen LogP contribution in [0, 0.1) is 0 Å². The van der Waals surface area contributed by atoms with Crippen LogP contribution in [0.2, 0.25) is 0 Å². The Kier molecular flexibility index (Phi) is 7.02. The molecule has 0 fully saturated rings. The van der Waals surface area contributed by atoms with Gasteiger partial charge in [0.1, 0.15) is 12.5 Å². The fourth-order valence-corrected chi connectivity index (χ4v) is 1.67. The van der Waals surface area contributed by atoms with E-state index in [2.05, 4.69) is 15.8 Å². The highest BCUT2D eigenvalue weighted by molar-refractivity contribution is 5.41. The molecule has 0 saturated heterocycles. The van der Waals surface area contributed by atoms with E-state index in [1.54, 1.807) is 18.7 Å². The molecule has 0 spiro atoms. The Morgan fingerprint density at radius 1 is 1.16 bits per heavy atom. The van der Waals surface area contributed by atoms with Crippen LogP contribution in [0.4, 0.5) is 5.69 Å². The SMILES string of the molecule is CC(O)N(CCCN=NNc1ccccc1)C(C)O. The molecule has 0 aromatic heterocycles. The third-order valence-electron chi connectivity index (χ3n) is 2.66. The highest BCUT2D eigenvalue weighted by Gasteiger charge is 2.14. The maximum absolute atomic E-state index is 9.43. The monoisotopic (exact) mass is 266 g/mol. The molecule has 2 unspecified atom stereocenters. The lowest BCUT2D eigenvalue weighted by Crippen LogP contribution is -2.40. The molecule has 6 heteroatoms. The van der Waals surface area contributed by atoms with E-state index in [0.29, 0.717) is 13.1 Å². The normalized spacial score (nSPS) is 14.8. The van der Waals surface area contributed by atoms with Gasteiger partial charge in [-0.05, 0) is 32.4 Å². The van der Waals surface area contributed by atoms with E-state index >= 15 is 0 Å². The predicted octanol–water partition coefficient (Wildman–Crippen LogP) is 1.83. The summed E-state index contributed by atoms with van der Waals surface area (Å²) in [5.41, 5.74) is 3.71. The van der Waals surface area contributed by atoms with Gasteiger partial charge in [-0.2, -0.15) is 5.11 Å². The van der Waals surface area contributed by atoms with E-state index in [4.69, 9.17) is 0 Å². The number of aliphatic hydroxyl groups excluding tert-OH is 2. The zero-order chi connectivity index (χ0) is 14.1. The third kappa shape index (κ3) is 6.28. The first-order valence-corrected chi connectivity index (χ1v) is 6.40. The Bertz CT molecular complexity index is 360. The minimum absolute atomic E-state index is 0.537. The summed E-state index contributed by atoms with van der Waals surface area (Å²) < 4.78 is 0. The summed E-state index contributed by atoms with van der Waals surface area (Å²) in [6, 6.07) is 9.58. The summed E-state index contributed by atoms with van der Waals surface area (Å²) >= 11 is 0. The average Bonchev–Trinajstić information content (AvgIpc) is 2.38. The van der Waals surface area contributed by atoms with Gasteiger partial charge in [0, 0.05) is 6.54 Å². The Balaban J connectivity index is 2.20. The summed E-state index contributed by atoms with van der Waals surface area (Å²) in [5.74, 6) is 0. The van der Waals surface area contributed by atoms with Crippen molar-refractivity contribution in [2.45, 2.75) is 32.7 Å². The molecule has 6 nitrogen and oxygen atoms in total. The number of aliphatic hydroxyl groups is 2. The molecule has 3 N–H and O–H groups in total. The number of nitrogens with zero attached hydrogens (tertiary/aromatic N) is 3. The lowest BCUT2D eigenvalue weighted by Gasteiger charge is -2.27. The Labute approximate surface area is 113 Å². The Morgan fingerprint density at radius 3 is 2.37 bits per heavy atom. The van der Waals surface area contributed by atoms with Crippen LogP contribution in [0.25, 0.3) is 0 Å². The summed E-state index contributed by atoms with van der Waals surface area (Å²) in [4.78, 5) is 1.58. The molecule has 0 aliphatic rings. The molecule has 0 radical (unpaired) electrons. The molecule has 0 aliphatic heterocycles. The number of nitrogens with one attached hydrogen (secondary N) is 1. The zero-order valence-electron chi connectivity index (χ0n) is 11.4. The van der Waals surface area contributed by atoms with Crippen LogP contribution in [0.5, 0.6) is 0 Å². The number of anilines is 1. The zero-order valence-corrected chi connectivity index (χ0v) is 11.4. The molecule has 19 heavy (non-hydrogen) atoms. The largest absolute Gasteiger partial charge is 0.379 e. The summed E-state index contributed by atoms with van der Waals surface area (Å²) in [6.45, 7) is 4.37. The van der Waals surface area contributed by atoms with Gasteiger partial charge < -0.3 is 10.2 Å². The molecule has 0 saturated carbocycles. The first-order chi connectivity index (χ1) is 9.11. The van der Waals surface area contributed by atoms with Crippen molar-refractivity contribution >= 4 is 5.69 Å². The molecule has 0 aliphatic carbocycles. The number of benzene rings is 1. The topological polar surface area (TPSA) is 80.5 Å². The molecule has 1 aromatic carbocycles. The van der Waals surface area contributed by atoms with Gasteiger partial charge in [0.2, 0.25) is 0 Å². The molecular formula is C13H22N4O2. The number of para-hydroxylation sites is 1. The smallest absolute Gasteiger partial charge is 0.106 e. The third-order valence-corrected chi connectivity index (χ3v) is 2.66. The molecular weight excluding hydrogens is 244 g/mol. The number of hydrogen-bond acceptors (Lipinski definition) is 5. The molecule has 0 heterocycles. The standard InChI is InChI=1S/C13H22N4O2/c1-11(18)17(12(2)19)10-6-9-14-16-15-13-7-4-3-5-8-13/h3-5,7-8,11-12,18-19H,6,9-10H2,1-2H3,(H,14,15). The highest BCUT2D eigenvalue weighted by Crippen LogP contribution is 2.05. The number of hydrogen-bond donors (Lipinski definition) is 3. The van der Waals surface area contributed by atoms with Crippen LogP contribution < -0.4 is 5.43 Å². The van der Waals surface area contributed by atoms with Gasteiger partial charge in [-0.25, -0.2) is 0 Å². The summed E-state index contributed by atoms with van der Waals surface area (Å²) in [6.07, 6.45) is -0.616. The van der Waals surface area contributed by atoms with Crippen LogP contribution in [0.15, 0.2) is 40.7 Å². The van der Waals surface area contributed by atoms with Crippen LogP contribution in [-0.2, 0) is 0 Å². The van der Waals surface area contributed by atoms with E-state index in [-0.39, 0.29) is 0 Å². The maximum atomic E-state index is 9.43. The fourth-order valence-electron chi connectivity index (χ4n) is 1.67. The van der Waals surface area contributed by atoms with Gasteiger partial charge in [-0.3, -0.25) is 10.3 Å². The van der Waals surface area contributed by atoms with Crippen molar-refractivity contribution < 1.29 is 10.2 Å². The lowest BCUT2D eigenvalue weighted by atomic mass is 10.3. The van der Waals surface area contributed by atoms with Crippen LogP contribution in [0.1, 0.15) is 20.3 Å². The molecule has 1 rings (SSSR count). The van der Waals surface area contributed by atoms with Crippen molar-refractivity contribution in [1.29, 1.82) is 0 Å². The minimum atomic E-state index is -0.667. The van der Waals surface area contributed by atoms with E-state index in [9.17, 15) is 10.2 Å². The minimum Gasteiger partial charge on any atom is -0.379 e. The molecule has 0 bridgehead atoms. The van der Waals surface area contributed by atoms with Gasteiger partial charge in [-0.15, -0.1) is 0 Å². The first kappa shape index (κ1) is 15.6. The van der Waals surface area contributed by atoms with Crippen molar-refractivity contribution in [3.8, 4) is 0 Å². The molecule has 2 atom stereocenters. The molecule has 1 aromatic rings. The summed E-state index contributed by atoms with van der Waals surface area (Å²) in [5, 5.41) is 26.7. The van der Waals surface area contributed by atoms with E-state index in [0.717, 1.165) is 12.1 Å². The second-order valence-corrected chi connectivity index (χ2v) is 4.30. The van der Waals surface area contributed by atoms with Crippen LogP contribution in [-0.4, -0.2) is 40.7 Å². The highest BCUT2D eigenvalue weighted by atomic mass is 16.3. The first-order valence-electron chi connectivity index (χ1n) is 6.40. The van der Waals surface area contributed by atoms with Crippen LogP contribution in [0.3, 0.4) is 0 Å². The van der Waals surface area contributed by atoms with Gasteiger partial charge in [0.25, 0.3) is 0 Å². The van der Waals surface area contributed by atoms with Crippen molar-refractivity contribution in [2.75, 3.05) is 18.5 Å². The van der Waals surface area contributed by atoms with Gasteiger partial charge >= 0.3 is 0 Å². The Hall–Kier alpha value is -1.50. The number of rotatable bonds is 8. The molecule has 106 valence electrons. The van der Waals surface area contributed by atoms with Crippen molar-refractivity contribution in [3.05, 3.63) is 30.3 Å². The van der Waals surface area contributed by atoms with E-state index in [1.165, 1.54) is 0 Å². The summed E-state index contributed by atoms with van der Waals surface area (Å²) in [7, 11) is 0. The van der Waals surface area contributed by atoms with Crippen LogP contribution >= 0.6 is 0 Å². The second-order valence-electron chi connectivity index (χ2n) is 4.30. The fraction of sp³-hybridized carbons (Fsp3) is 0.538. The van der Waals surface area contributed by atoms with Gasteiger partial charge in [0.15, 0.2) is 0 Å². The molecule has 0 amide bonds. The average molecular weight is 266 g/mol. The van der Waals surface area contributed by atoms with Crippen molar-refractivity contribution in [3.63, 3.8) is 0 Å².